The molecule has 1 aliphatic heterocycles. The smallest absolute Gasteiger partial charge is 0.274 e. The lowest BCUT2D eigenvalue weighted by Crippen LogP contribution is -2.35. The molecule has 17 heavy (non-hydrogen) atoms. The van der Waals surface area contributed by atoms with Crippen molar-refractivity contribution in [2.45, 2.75) is 46.2 Å². The van der Waals surface area contributed by atoms with E-state index in [0.29, 0.717) is 24.0 Å². The second-order valence-corrected chi connectivity index (χ2v) is 4.65. The Balaban J connectivity index is 2.36. The fraction of sp³-hybridized carbons (Fsp3) is 0.667. The molecule has 0 aromatic carbocycles. The maximum absolute atomic E-state index is 12.5. The van der Waals surface area contributed by atoms with Crippen molar-refractivity contribution in [3.8, 4) is 0 Å². The SMILES string of the molecule is CCn1nc(C)c(N)c1C(=O)N1CCCC1C. The van der Waals surface area contributed by atoms with Gasteiger partial charge in [-0.1, -0.05) is 0 Å². The number of nitrogens with zero attached hydrogens (tertiary/aromatic N) is 3. The third kappa shape index (κ3) is 1.90. The Bertz CT molecular complexity index is 438. The number of amides is 1. The number of hydrogen-bond donors (Lipinski definition) is 1. The molecule has 0 spiro atoms. The number of aromatic nitrogens is 2. The van der Waals surface area contributed by atoms with Crippen molar-refractivity contribution < 1.29 is 4.79 Å². The van der Waals surface area contributed by atoms with Gasteiger partial charge in [-0.05, 0) is 33.6 Å². The van der Waals surface area contributed by atoms with E-state index in [9.17, 15) is 4.79 Å². The highest BCUT2D eigenvalue weighted by atomic mass is 16.2. The molecular formula is C12H20N4O. The predicted molar refractivity (Wildman–Crippen MR) is 66.8 cm³/mol. The topological polar surface area (TPSA) is 64.2 Å². The van der Waals surface area contributed by atoms with Gasteiger partial charge in [0.25, 0.3) is 5.91 Å². The van der Waals surface area contributed by atoms with Gasteiger partial charge in [-0.2, -0.15) is 5.10 Å². The molecule has 0 aliphatic carbocycles. The quantitative estimate of drug-likeness (QED) is 0.844. The van der Waals surface area contributed by atoms with Gasteiger partial charge >= 0.3 is 0 Å². The van der Waals surface area contributed by atoms with Crippen molar-refractivity contribution in [2.24, 2.45) is 0 Å². The van der Waals surface area contributed by atoms with Crippen LogP contribution in [0, 0.1) is 6.92 Å². The van der Waals surface area contributed by atoms with Gasteiger partial charge in [-0.25, -0.2) is 0 Å². The number of hydrogen-bond acceptors (Lipinski definition) is 3. The monoisotopic (exact) mass is 236 g/mol. The van der Waals surface area contributed by atoms with E-state index in [-0.39, 0.29) is 5.91 Å². The fourth-order valence-electron chi connectivity index (χ4n) is 2.42. The standard InChI is InChI=1S/C12H20N4O/c1-4-16-11(10(13)9(3)14-16)12(17)15-7-5-6-8(15)2/h8H,4-7,13H2,1-3H3. The van der Waals surface area contributed by atoms with Gasteiger partial charge in [0, 0.05) is 19.1 Å². The van der Waals surface area contributed by atoms with E-state index in [1.165, 1.54) is 0 Å². The fourth-order valence-corrected chi connectivity index (χ4v) is 2.42. The molecule has 0 bridgehead atoms. The minimum Gasteiger partial charge on any atom is -0.395 e. The molecule has 1 amide bonds. The number of carbonyl (C=O) groups excluding carboxylic acids is 1. The Morgan fingerprint density at radius 3 is 2.82 bits per heavy atom. The maximum atomic E-state index is 12.5. The first-order valence-electron chi connectivity index (χ1n) is 6.20. The number of likely N-dealkylation sites (tertiary alicyclic amines) is 1. The molecule has 5 nitrogen and oxygen atoms in total. The lowest BCUT2D eigenvalue weighted by Gasteiger charge is -2.21. The highest BCUT2D eigenvalue weighted by Gasteiger charge is 2.30. The molecule has 1 unspecified atom stereocenters. The zero-order valence-electron chi connectivity index (χ0n) is 10.7. The van der Waals surface area contributed by atoms with E-state index in [4.69, 9.17) is 5.73 Å². The van der Waals surface area contributed by atoms with E-state index in [1.54, 1.807) is 4.68 Å². The van der Waals surface area contributed by atoms with Crippen LogP contribution in [0.15, 0.2) is 0 Å². The molecule has 2 N–H and O–H groups in total. The van der Waals surface area contributed by atoms with Crippen LogP contribution in [-0.2, 0) is 6.54 Å². The summed E-state index contributed by atoms with van der Waals surface area (Å²) in [5.41, 5.74) is 7.78. The first kappa shape index (κ1) is 12.0. The summed E-state index contributed by atoms with van der Waals surface area (Å²) in [6.07, 6.45) is 2.15. The molecule has 2 rings (SSSR count). The number of aryl methyl sites for hydroxylation is 2. The van der Waals surface area contributed by atoms with E-state index < -0.39 is 0 Å². The van der Waals surface area contributed by atoms with Crippen LogP contribution in [0.3, 0.4) is 0 Å². The number of rotatable bonds is 2. The van der Waals surface area contributed by atoms with Crippen LogP contribution in [0.2, 0.25) is 0 Å². The van der Waals surface area contributed by atoms with E-state index in [2.05, 4.69) is 12.0 Å². The maximum Gasteiger partial charge on any atom is 0.274 e. The molecule has 1 atom stereocenters. The first-order valence-corrected chi connectivity index (χ1v) is 6.20. The summed E-state index contributed by atoms with van der Waals surface area (Å²) in [4.78, 5) is 14.4. The molecule has 1 saturated heterocycles. The molecule has 1 aromatic heterocycles. The molecule has 2 heterocycles. The minimum absolute atomic E-state index is 0.0231. The largest absolute Gasteiger partial charge is 0.395 e. The van der Waals surface area contributed by atoms with Crippen molar-refractivity contribution in [2.75, 3.05) is 12.3 Å². The molecule has 5 heteroatoms. The Kier molecular flexibility index (Phi) is 3.09. The minimum atomic E-state index is 0.0231. The average Bonchev–Trinajstić information content (AvgIpc) is 2.84. The van der Waals surface area contributed by atoms with Crippen LogP contribution in [0.25, 0.3) is 0 Å². The lowest BCUT2D eigenvalue weighted by molar-refractivity contribution is 0.0736. The second-order valence-electron chi connectivity index (χ2n) is 4.65. The summed E-state index contributed by atoms with van der Waals surface area (Å²) < 4.78 is 1.71. The Labute approximate surface area is 102 Å². The Morgan fingerprint density at radius 2 is 2.29 bits per heavy atom. The molecule has 1 aromatic rings. The zero-order chi connectivity index (χ0) is 12.6. The average molecular weight is 236 g/mol. The van der Waals surface area contributed by atoms with Gasteiger partial charge in [0.1, 0.15) is 5.69 Å². The summed E-state index contributed by atoms with van der Waals surface area (Å²) in [5, 5.41) is 4.29. The molecule has 1 fully saturated rings. The second kappa shape index (κ2) is 4.39. The van der Waals surface area contributed by atoms with E-state index in [0.717, 1.165) is 25.1 Å². The van der Waals surface area contributed by atoms with Crippen molar-refractivity contribution in [3.05, 3.63) is 11.4 Å². The molecule has 0 radical (unpaired) electrons. The third-order valence-corrected chi connectivity index (χ3v) is 3.49. The third-order valence-electron chi connectivity index (χ3n) is 3.49. The molecule has 1 aliphatic rings. The van der Waals surface area contributed by atoms with Crippen LogP contribution < -0.4 is 5.73 Å². The van der Waals surface area contributed by atoms with Crippen molar-refractivity contribution in [1.29, 1.82) is 0 Å². The Morgan fingerprint density at radius 1 is 1.59 bits per heavy atom. The summed E-state index contributed by atoms with van der Waals surface area (Å²) in [7, 11) is 0. The highest BCUT2D eigenvalue weighted by Crippen LogP contribution is 2.23. The number of anilines is 1. The van der Waals surface area contributed by atoms with E-state index in [1.807, 2.05) is 18.7 Å². The highest BCUT2D eigenvalue weighted by molar-refractivity contribution is 5.98. The summed E-state index contributed by atoms with van der Waals surface area (Å²) in [5.74, 6) is 0.0231. The lowest BCUT2D eigenvalue weighted by atomic mass is 10.2. The zero-order valence-corrected chi connectivity index (χ0v) is 10.7. The van der Waals surface area contributed by atoms with Gasteiger partial charge in [0.15, 0.2) is 0 Å². The number of carbonyl (C=O) groups is 1. The van der Waals surface area contributed by atoms with Crippen LogP contribution >= 0.6 is 0 Å². The van der Waals surface area contributed by atoms with Gasteiger partial charge in [0.05, 0.1) is 11.4 Å². The van der Waals surface area contributed by atoms with Crippen molar-refractivity contribution in [3.63, 3.8) is 0 Å². The normalized spacial score (nSPS) is 19.9. The molecule has 94 valence electrons. The molecule has 0 saturated carbocycles. The van der Waals surface area contributed by atoms with Gasteiger partial charge in [-0.3, -0.25) is 9.48 Å². The van der Waals surface area contributed by atoms with Crippen molar-refractivity contribution in [1.82, 2.24) is 14.7 Å². The van der Waals surface area contributed by atoms with Crippen molar-refractivity contribution >= 4 is 11.6 Å². The molecular weight excluding hydrogens is 216 g/mol. The van der Waals surface area contributed by atoms with Gasteiger partial charge in [-0.15, -0.1) is 0 Å². The summed E-state index contributed by atoms with van der Waals surface area (Å²) >= 11 is 0. The van der Waals surface area contributed by atoms with Crippen LogP contribution in [0.4, 0.5) is 5.69 Å². The van der Waals surface area contributed by atoms with Crippen LogP contribution in [0.5, 0.6) is 0 Å². The van der Waals surface area contributed by atoms with Crippen LogP contribution in [-0.4, -0.2) is 33.2 Å². The van der Waals surface area contributed by atoms with Gasteiger partial charge in [0.2, 0.25) is 0 Å². The predicted octanol–water partition coefficient (Wildman–Crippen LogP) is 1.42. The number of nitrogen functional groups attached to an aromatic ring is 1. The van der Waals surface area contributed by atoms with Crippen LogP contribution in [0.1, 0.15) is 42.9 Å². The van der Waals surface area contributed by atoms with E-state index >= 15 is 0 Å². The summed E-state index contributed by atoms with van der Waals surface area (Å²) in [6, 6.07) is 0.308. The first-order chi connectivity index (χ1) is 8.06. The number of nitrogens with two attached hydrogens (primary N) is 1. The van der Waals surface area contributed by atoms with Gasteiger partial charge < -0.3 is 10.6 Å². The Hall–Kier alpha value is -1.52. The summed E-state index contributed by atoms with van der Waals surface area (Å²) in [6.45, 7) is 7.39.